The van der Waals surface area contributed by atoms with Gasteiger partial charge in [0.15, 0.2) is 0 Å². The van der Waals surface area contributed by atoms with Crippen molar-refractivity contribution < 1.29 is 26.4 Å². The van der Waals surface area contributed by atoms with Gasteiger partial charge in [-0.15, -0.1) is 0 Å². The summed E-state index contributed by atoms with van der Waals surface area (Å²) in [5.74, 6) is -0.576. The number of pyridine rings is 1. The van der Waals surface area contributed by atoms with Crippen molar-refractivity contribution >= 4 is 38.2 Å². The SMILES string of the molecule is CN(C)c1ccc(S(=O)(=O)N2CCCC(C(=O)N3CCN(c4cc(C(F)(F)F)nc5ccccc45)CC3)C2)cc1. The number of carbonyl (C=O) groups is 1. The quantitative estimate of drug-likeness (QED) is 0.457. The third-order valence-electron chi connectivity index (χ3n) is 7.64. The molecule has 8 nitrogen and oxygen atoms in total. The standard InChI is InChI=1S/C28H32F3N5O3S/c1-33(2)21-9-11-22(12-10-21)40(38,39)36-13-5-6-20(19-36)27(37)35-16-14-34(15-17-35)25-18-26(28(29,30)31)32-24-8-4-3-7-23(24)25/h3-4,7-12,18,20H,5-6,13-17,19H2,1-2H3. The van der Waals surface area contributed by atoms with Crippen LogP contribution in [0.25, 0.3) is 10.9 Å². The van der Waals surface area contributed by atoms with Crippen LogP contribution < -0.4 is 9.80 Å². The van der Waals surface area contributed by atoms with Crippen molar-refractivity contribution in [3.8, 4) is 0 Å². The first-order chi connectivity index (χ1) is 18.9. The van der Waals surface area contributed by atoms with Crippen LogP contribution in [0.5, 0.6) is 0 Å². The molecule has 0 spiro atoms. The highest BCUT2D eigenvalue weighted by atomic mass is 32.2. The van der Waals surface area contributed by atoms with Crippen molar-refractivity contribution in [3.63, 3.8) is 0 Å². The number of benzene rings is 2. The topological polar surface area (TPSA) is 77.1 Å². The maximum absolute atomic E-state index is 13.5. The molecule has 2 aliphatic heterocycles. The maximum Gasteiger partial charge on any atom is 0.433 e. The van der Waals surface area contributed by atoms with Gasteiger partial charge in [0.25, 0.3) is 0 Å². The molecule has 2 aromatic carbocycles. The van der Waals surface area contributed by atoms with Gasteiger partial charge in [-0.2, -0.15) is 17.5 Å². The van der Waals surface area contributed by atoms with E-state index in [4.69, 9.17) is 0 Å². The zero-order valence-electron chi connectivity index (χ0n) is 22.4. The number of fused-ring (bicyclic) bond motifs is 1. The number of sulfonamides is 1. The van der Waals surface area contributed by atoms with E-state index in [0.717, 1.165) is 11.8 Å². The molecule has 0 bridgehead atoms. The molecular formula is C28H32F3N5O3S. The highest BCUT2D eigenvalue weighted by molar-refractivity contribution is 7.89. The molecule has 1 aromatic heterocycles. The molecule has 40 heavy (non-hydrogen) atoms. The molecule has 2 aliphatic rings. The summed E-state index contributed by atoms with van der Waals surface area (Å²) in [4.78, 5) is 22.9. The highest BCUT2D eigenvalue weighted by Crippen LogP contribution is 2.35. The summed E-state index contributed by atoms with van der Waals surface area (Å²) < 4.78 is 68.6. The number of nitrogens with zero attached hydrogens (tertiary/aromatic N) is 5. The van der Waals surface area contributed by atoms with E-state index in [-0.39, 0.29) is 22.9 Å². The van der Waals surface area contributed by atoms with Crippen LogP contribution in [0.2, 0.25) is 0 Å². The van der Waals surface area contributed by atoms with Gasteiger partial charge in [-0.25, -0.2) is 13.4 Å². The monoisotopic (exact) mass is 575 g/mol. The van der Waals surface area contributed by atoms with Gasteiger partial charge in [0.1, 0.15) is 5.69 Å². The van der Waals surface area contributed by atoms with Crippen molar-refractivity contribution in [1.82, 2.24) is 14.2 Å². The Hall–Kier alpha value is -3.38. The number of carbonyl (C=O) groups excluding carboxylic acids is 1. The average Bonchev–Trinajstić information content (AvgIpc) is 2.96. The molecule has 3 heterocycles. The number of piperidine rings is 1. The smallest absolute Gasteiger partial charge is 0.378 e. The Labute approximate surface area is 232 Å². The van der Waals surface area contributed by atoms with Gasteiger partial charge in [0.2, 0.25) is 15.9 Å². The third-order valence-corrected chi connectivity index (χ3v) is 9.52. The van der Waals surface area contributed by atoms with E-state index >= 15 is 0 Å². The number of piperazine rings is 1. The summed E-state index contributed by atoms with van der Waals surface area (Å²) in [5, 5.41) is 0.627. The van der Waals surface area contributed by atoms with Crippen LogP contribution in [0.3, 0.4) is 0 Å². The van der Waals surface area contributed by atoms with Crippen molar-refractivity contribution in [1.29, 1.82) is 0 Å². The minimum absolute atomic E-state index is 0.112. The second-order valence-corrected chi connectivity index (χ2v) is 12.4. The Morgan fingerprint density at radius 3 is 2.30 bits per heavy atom. The first kappa shape index (κ1) is 28.2. The Bertz CT molecular complexity index is 1490. The summed E-state index contributed by atoms with van der Waals surface area (Å²) in [6, 6.07) is 14.5. The van der Waals surface area contributed by atoms with Gasteiger partial charge in [-0.1, -0.05) is 18.2 Å². The lowest BCUT2D eigenvalue weighted by Crippen LogP contribution is -2.53. The Morgan fingerprint density at radius 2 is 1.65 bits per heavy atom. The molecule has 1 atom stereocenters. The fraction of sp³-hybridized carbons (Fsp3) is 0.429. The van der Waals surface area contributed by atoms with Crippen molar-refractivity contribution in [2.75, 3.05) is 63.2 Å². The molecule has 12 heteroatoms. The first-order valence-electron chi connectivity index (χ1n) is 13.2. The number of rotatable bonds is 5. The number of hydrogen-bond donors (Lipinski definition) is 0. The molecule has 2 fully saturated rings. The maximum atomic E-state index is 13.5. The normalized spacial score (nSPS) is 19.2. The number of para-hydroxylation sites is 1. The number of alkyl halides is 3. The molecule has 214 valence electrons. The minimum atomic E-state index is -4.57. The van der Waals surface area contributed by atoms with E-state index in [0.29, 0.717) is 56.6 Å². The molecule has 5 rings (SSSR count). The Morgan fingerprint density at radius 1 is 0.975 bits per heavy atom. The van der Waals surface area contributed by atoms with Crippen molar-refractivity contribution in [2.24, 2.45) is 5.92 Å². The van der Waals surface area contributed by atoms with Crippen LogP contribution in [0.4, 0.5) is 24.5 Å². The Kier molecular flexibility index (Phi) is 7.66. The number of halogens is 3. The highest BCUT2D eigenvalue weighted by Gasteiger charge is 2.37. The average molecular weight is 576 g/mol. The van der Waals surface area contributed by atoms with E-state index in [1.165, 1.54) is 4.31 Å². The van der Waals surface area contributed by atoms with E-state index in [2.05, 4.69) is 4.98 Å². The molecule has 2 saturated heterocycles. The van der Waals surface area contributed by atoms with Gasteiger partial charge in [0, 0.05) is 70.1 Å². The van der Waals surface area contributed by atoms with Crippen LogP contribution in [0, 0.1) is 5.92 Å². The fourth-order valence-corrected chi connectivity index (χ4v) is 6.94. The summed E-state index contributed by atoms with van der Waals surface area (Å²) >= 11 is 0. The fourth-order valence-electron chi connectivity index (χ4n) is 5.42. The number of aromatic nitrogens is 1. The lowest BCUT2D eigenvalue weighted by molar-refractivity contribution is -0.141. The van der Waals surface area contributed by atoms with E-state index in [1.54, 1.807) is 53.4 Å². The van der Waals surface area contributed by atoms with E-state index < -0.39 is 27.8 Å². The molecule has 0 N–H and O–H groups in total. The van der Waals surface area contributed by atoms with Crippen molar-refractivity contribution in [3.05, 3.63) is 60.3 Å². The van der Waals surface area contributed by atoms with E-state index in [1.807, 2.05) is 23.9 Å². The van der Waals surface area contributed by atoms with Crippen LogP contribution in [-0.4, -0.2) is 81.9 Å². The van der Waals surface area contributed by atoms with E-state index in [9.17, 15) is 26.4 Å². The van der Waals surface area contributed by atoms with Gasteiger partial charge in [0.05, 0.1) is 16.3 Å². The largest absolute Gasteiger partial charge is 0.433 e. The second-order valence-electron chi connectivity index (χ2n) is 10.4. The number of anilines is 2. The summed E-state index contributed by atoms with van der Waals surface area (Å²) in [6.45, 7) is 1.87. The zero-order valence-corrected chi connectivity index (χ0v) is 23.2. The van der Waals surface area contributed by atoms with Crippen LogP contribution in [0.15, 0.2) is 59.5 Å². The first-order valence-corrected chi connectivity index (χ1v) is 14.7. The predicted molar refractivity (Wildman–Crippen MR) is 148 cm³/mol. The molecule has 1 amide bonds. The summed E-state index contributed by atoms with van der Waals surface area (Å²) in [5.41, 5.74) is 0.657. The van der Waals surface area contributed by atoms with Crippen molar-refractivity contribution in [2.45, 2.75) is 23.9 Å². The lowest BCUT2D eigenvalue weighted by atomic mass is 9.97. The van der Waals surface area contributed by atoms with Gasteiger partial charge in [-0.05, 0) is 49.2 Å². The molecule has 0 saturated carbocycles. The molecule has 0 aliphatic carbocycles. The molecule has 0 radical (unpaired) electrons. The summed E-state index contributed by atoms with van der Waals surface area (Å²) in [7, 11) is 0.0109. The minimum Gasteiger partial charge on any atom is -0.378 e. The Balaban J connectivity index is 1.27. The van der Waals surface area contributed by atoms with Gasteiger partial charge < -0.3 is 14.7 Å². The predicted octanol–water partition coefficient (Wildman–Crippen LogP) is 4.07. The molecular weight excluding hydrogens is 543 g/mol. The number of hydrogen-bond acceptors (Lipinski definition) is 6. The summed E-state index contributed by atoms with van der Waals surface area (Å²) in [6.07, 6.45) is -3.40. The molecule has 1 unspecified atom stereocenters. The third kappa shape index (κ3) is 5.60. The van der Waals surface area contributed by atoms with Crippen LogP contribution >= 0.6 is 0 Å². The van der Waals surface area contributed by atoms with Gasteiger partial charge in [-0.3, -0.25) is 4.79 Å². The second kappa shape index (κ2) is 10.9. The number of amides is 1. The zero-order chi connectivity index (χ0) is 28.7. The van der Waals surface area contributed by atoms with Gasteiger partial charge >= 0.3 is 6.18 Å². The van der Waals surface area contributed by atoms with Crippen LogP contribution in [-0.2, 0) is 21.0 Å². The van der Waals surface area contributed by atoms with Crippen LogP contribution in [0.1, 0.15) is 18.5 Å². The lowest BCUT2D eigenvalue weighted by Gasteiger charge is -2.39. The molecule has 3 aromatic rings.